The molecule has 2 aliphatic heterocycles. The Kier molecular flexibility index (Phi) is 8.17. The maximum atomic E-state index is 12.3. The first kappa shape index (κ1) is 20.7. The van der Waals surface area contributed by atoms with E-state index in [1.165, 1.54) is 6.26 Å². The van der Waals surface area contributed by atoms with Gasteiger partial charge in [0.05, 0.1) is 6.26 Å². The van der Waals surface area contributed by atoms with Crippen molar-refractivity contribution < 1.29 is 18.7 Å². The van der Waals surface area contributed by atoms with Gasteiger partial charge in [0.1, 0.15) is 0 Å². The Bertz CT molecular complexity index is 606. The number of hydrogen-bond donors (Lipinski definition) is 1. The van der Waals surface area contributed by atoms with Crippen molar-refractivity contribution in [3.8, 4) is 0 Å². The van der Waals surface area contributed by atoms with Gasteiger partial charge < -0.3 is 29.0 Å². The van der Waals surface area contributed by atoms with Gasteiger partial charge in [-0.05, 0) is 37.3 Å². The molecule has 0 saturated carbocycles. The van der Waals surface area contributed by atoms with Crippen molar-refractivity contribution in [2.24, 2.45) is 10.9 Å². The zero-order valence-electron chi connectivity index (χ0n) is 16.8. The number of nitrogens with one attached hydrogen (secondary N) is 1. The highest BCUT2D eigenvalue weighted by Gasteiger charge is 2.25. The molecule has 0 atom stereocenters. The summed E-state index contributed by atoms with van der Waals surface area (Å²) in [6.07, 6.45) is 4.69. The van der Waals surface area contributed by atoms with Gasteiger partial charge in [-0.1, -0.05) is 0 Å². The summed E-state index contributed by atoms with van der Waals surface area (Å²) in [5, 5.41) is 3.40. The first-order valence-corrected chi connectivity index (χ1v) is 10.2. The Morgan fingerprint density at radius 1 is 1.25 bits per heavy atom. The molecule has 1 amide bonds. The van der Waals surface area contributed by atoms with Gasteiger partial charge in [-0.3, -0.25) is 9.79 Å². The number of furan rings is 1. The maximum Gasteiger partial charge on any atom is 0.289 e. The molecule has 156 valence electrons. The highest BCUT2D eigenvalue weighted by Crippen LogP contribution is 2.14. The fourth-order valence-corrected chi connectivity index (χ4v) is 3.55. The Morgan fingerprint density at radius 3 is 2.68 bits per heavy atom. The van der Waals surface area contributed by atoms with Crippen LogP contribution in [0.2, 0.25) is 0 Å². The van der Waals surface area contributed by atoms with Crippen molar-refractivity contribution >= 4 is 11.9 Å². The molecule has 1 aromatic rings. The third kappa shape index (κ3) is 5.97. The smallest absolute Gasteiger partial charge is 0.289 e. The fraction of sp³-hybridized carbons (Fsp3) is 0.700. The van der Waals surface area contributed by atoms with Crippen LogP contribution in [0, 0.1) is 5.92 Å². The SMILES string of the molecule is CN=C(NCCCOCC1CCOCC1)N1CCN(C(=O)c2ccco2)CC1. The lowest BCUT2D eigenvalue weighted by atomic mass is 10.0. The van der Waals surface area contributed by atoms with E-state index in [1.807, 2.05) is 4.90 Å². The van der Waals surface area contributed by atoms with E-state index < -0.39 is 0 Å². The van der Waals surface area contributed by atoms with Crippen LogP contribution in [-0.2, 0) is 9.47 Å². The monoisotopic (exact) mass is 392 g/mol. The Labute approximate surface area is 166 Å². The first-order valence-electron chi connectivity index (χ1n) is 10.2. The van der Waals surface area contributed by atoms with Gasteiger partial charge in [0.15, 0.2) is 11.7 Å². The van der Waals surface area contributed by atoms with E-state index in [0.717, 1.165) is 71.3 Å². The maximum absolute atomic E-state index is 12.3. The normalized spacial score (nSPS) is 19.1. The van der Waals surface area contributed by atoms with Crippen molar-refractivity contribution in [2.75, 3.05) is 66.2 Å². The van der Waals surface area contributed by atoms with E-state index in [-0.39, 0.29) is 5.91 Å². The average molecular weight is 393 g/mol. The number of rotatable bonds is 7. The molecule has 2 saturated heterocycles. The Morgan fingerprint density at radius 2 is 2.00 bits per heavy atom. The fourth-order valence-electron chi connectivity index (χ4n) is 3.55. The first-order chi connectivity index (χ1) is 13.8. The molecule has 1 N–H and O–H groups in total. The number of nitrogens with zero attached hydrogens (tertiary/aromatic N) is 3. The van der Waals surface area contributed by atoms with E-state index in [2.05, 4.69) is 15.2 Å². The predicted molar refractivity (Wildman–Crippen MR) is 107 cm³/mol. The molecule has 8 heteroatoms. The third-order valence-corrected chi connectivity index (χ3v) is 5.25. The van der Waals surface area contributed by atoms with Gasteiger partial charge in [0, 0.05) is 66.2 Å². The van der Waals surface area contributed by atoms with E-state index in [0.29, 0.717) is 24.8 Å². The van der Waals surface area contributed by atoms with Gasteiger partial charge in [-0.15, -0.1) is 0 Å². The summed E-state index contributed by atoms with van der Waals surface area (Å²) in [4.78, 5) is 20.7. The van der Waals surface area contributed by atoms with Crippen molar-refractivity contribution in [2.45, 2.75) is 19.3 Å². The van der Waals surface area contributed by atoms with Gasteiger partial charge in [0.2, 0.25) is 0 Å². The van der Waals surface area contributed by atoms with Crippen LogP contribution in [0.25, 0.3) is 0 Å². The van der Waals surface area contributed by atoms with Crippen LogP contribution in [0.5, 0.6) is 0 Å². The van der Waals surface area contributed by atoms with E-state index in [9.17, 15) is 4.79 Å². The van der Waals surface area contributed by atoms with Gasteiger partial charge in [-0.2, -0.15) is 0 Å². The molecule has 8 nitrogen and oxygen atoms in total. The van der Waals surface area contributed by atoms with Crippen LogP contribution in [0.1, 0.15) is 29.8 Å². The highest BCUT2D eigenvalue weighted by molar-refractivity contribution is 5.91. The quantitative estimate of drug-likeness (QED) is 0.430. The van der Waals surface area contributed by atoms with Gasteiger partial charge >= 0.3 is 0 Å². The van der Waals surface area contributed by atoms with E-state index in [1.54, 1.807) is 19.2 Å². The van der Waals surface area contributed by atoms with E-state index >= 15 is 0 Å². The summed E-state index contributed by atoms with van der Waals surface area (Å²) in [6, 6.07) is 3.45. The molecule has 0 aromatic carbocycles. The van der Waals surface area contributed by atoms with E-state index in [4.69, 9.17) is 13.9 Å². The largest absolute Gasteiger partial charge is 0.459 e. The number of guanidine groups is 1. The number of piperazine rings is 1. The Balaban J connectivity index is 1.29. The zero-order chi connectivity index (χ0) is 19.6. The molecule has 0 unspecified atom stereocenters. The summed E-state index contributed by atoms with van der Waals surface area (Å²) in [5.74, 6) is 1.88. The second-order valence-electron chi connectivity index (χ2n) is 7.21. The molecule has 28 heavy (non-hydrogen) atoms. The number of ether oxygens (including phenoxy) is 2. The highest BCUT2D eigenvalue weighted by atomic mass is 16.5. The minimum atomic E-state index is -0.0470. The van der Waals surface area contributed by atoms with Crippen LogP contribution >= 0.6 is 0 Å². The number of aliphatic imine (C=N–C) groups is 1. The summed E-state index contributed by atoms with van der Waals surface area (Å²) < 4.78 is 16.4. The molecule has 0 bridgehead atoms. The lowest BCUT2D eigenvalue weighted by Gasteiger charge is -2.36. The van der Waals surface area contributed by atoms with Crippen molar-refractivity contribution in [3.63, 3.8) is 0 Å². The lowest BCUT2D eigenvalue weighted by Crippen LogP contribution is -2.53. The third-order valence-electron chi connectivity index (χ3n) is 5.25. The van der Waals surface area contributed by atoms with Crippen LogP contribution in [-0.4, -0.2) is 87.9 Å². The van der Waals surface area contributed by atoms with Gasteiger partial charge in [-0.25, -0.2) is 0 Å². The molecule has 1 aromatic heterocycles. The number of amides is 1. The standard InChI is InChI=1S/C20H32N4O4/c1-21-20(22-7-3-12-27-16-17-5-14-26-15-6-17)24-10-8-23(9-11-24)19(25)18-4-2-13-28-18/h2,4,13,17H,3,5-12,14-16H2,1H3,(H,21,22). The van der Waals surface area contributed by atoms with Gasteiger partial charge in [0.25, 0.3) is 5.91 Å². The van der Waals surface area contributed by atoms with Crippen LogP contribution < -0.4 is 5.32 Å². The molecule has 2 aliphatic rings. The number of carbonyl (C=O) groups is 1. The van der Waals surface area contributed by atoms with Crippen molar-refractivity contribution in [1.29, 1.82) is 0 Å². The zero-order valence-corrected chi connectivity index (χ0v) is 16.8. The van der Waals surface area contributed by atoms with Crippen LogP contribution in [0.3, 0.4) is 0 Å². The lowest BCUT2D eigenvalue weighted by molar-refractivity contribution is 0.0203. The molecule has 3 heterocycles. The van der Waals surface area contributed by atoms with Crippen LogP contribution in [0.15, 0.2) is 27.8 Å². The molecule has 3 rings (SSSR count). The average Bonchev–Trinajstić information content (AvgIpc) is 3.29. The second-order valence-corrected chi connectivity index (χ2v) is 7.21. The van der Waals surface area contributed by atoms with Crippen molar-refractivity contribution in [3.05, 3.63) is 24.2 Å². The molecule has 0 aliphatic carbocycles. The molecular formula is C20H32N4O4. The summed E-state index contributed by atoms with van der Waals surface area (Å²) >= 11 is 0. The topological polar surface area (TPSA) is 79.5 Å². The molecule has 0 radical (unpaired) electrons. The predicted octanol–water partition coefficient (Wildman–Crippen LogP) is 1.45. The minimum absolute atomic E-state index is 0.0470. The summed E-state index contributed by atoms with van der Waals surface area (Å²) in [7, 11) is 1.80. The molecular weight excluding hydrogens is 360 g/mol. The van der Waals surface area contributed by atoms with Crippen molar-refractivity contribution in [1.82, 2.24) is 15.1 Å². The number of hydrogen-bond acceptors (Lipinski definition) is 5. The summed E-state index contributed by atoms with van der Waals surface area (Å²) in [6.45, 7) is 6.99. The Hall–Kier alpha value is -2.06. The molecule has 0 spiro atoms. The minimum Gasteiger partial charge on any atom is -0.459 e. The second kappa shape index (κ2) is 11.1. The number of carbonyl (C=O) groups excluding carboxylic acids is 1. The summed E-state index contributed by atoms with van der Waals surface area (Å²) in [5.41, 5.74) is 0. The molecule has 2 fully saturated rings. The van der Waals surface area contributed by atoms with Crippen LogP contribution in [0.4, 0.5) is 0 Å².